The Kier molecular flexibility index (Phi) is 5.04. The fourth-order valence-corrected chi connectivity index (χ4v) is 2.78. The predicted molar refractivity (Wildman–Crippen MR) is 92.6 cm³/mol. The number of rotatable bonds is 5. The van der Waals surface area contributed by atoms with E-state index in [2.05, 4.69) is 6.58 Å². The van der Waals surface area contributed by atoms with Crippen LogP contribution in [0.3, 0.4) is 0 Å². The molecule has 1 aliphatic rings. The van der Waals surface area contributed by atoms with Gasteiger partial charge in [0.2, 0.25) is 0 Å². The first-order chi connectivity index (χ1) is 13.2. The van der Waals surface area contributed by atoms with Crippen molar-refractivity contribution >= 4 is 17.8 Å². The molecule has 0 unspecified atom stereocenters. The smallest absolute Gasteiger partial charge is 0.416 e. The number of carbonyl (C=O) groups is 3. The molecule has 3 rings (SSSR count). The third-order valence-corrected chi connectivity index (χ3v) is 4.14. The molecule has 0 spiro atoms. The minimum atomic E-state index is -4.50. The summed E-state index contributed by atoms with van der Waals surface area (Å²) in [6.07, 6.45) is -3.09. The highest BCUT2D eigenvalue weighted by molar-refractivity contribution is 6.22. The van der Waals surface area contributed by atoms with E-state index in [-0.39, 0.29) is 35.4 Å². The average Bonchev–Trinajstić information content (AvgIpc) is 2.90. The number of imide groups is 1. The molecule has 0 fully saturated rings. The molecule has 0 saturated carbocycles. The monoisotopic (exact) mass is 389 g/mol. The molecule has 0 radical (unpaired) electrons. The van der Waals surface area contributed by atoms with E-state index in [1.165, 1.54) is 36.4 Å². The highest BCUT2D eigenvalue weighted by atomic mass is 19.4. The molecule has 28 heavy (non-hydrogen) atoms. The number of fused-ring (bicyclic) bond motifs is 1. The van der Waals surface area contributed by atoms with Crippen LogP contribution in [0.4, 0.5) is 13.2 Å². The molecular formula is C20H14F3NO4. The number of halogens is 3. The van der Waals surface area contributed by atoms with Gasteiger partial charge in [0.05, 0.1) is 22.3 Å². The minimum Gasteiger partial charge on any atom is -0.457 e. The van der Waals surface area contributed by atoms with Crippen molar-refractivity contribution in [1.29, 1.82) is 0 Å². The average molecular weight is 389 g/mol. The van der Waals surface area contributed by atoms with Crippen LogP contribution in [0.15, 0.2) is 55.1 Å². The van der Waals surface area contributed by atoms with Crippen molar-refractivity contribution in [2.24, 2.45) is 0 Å². The molecule has 2 aromatic carbocycles. The van der Waals surface area contributed by atoms with Gasteiger partial charge in [-0.1, -0.05) is 18.2 Å². The van der Waals surface area contributed by atoms with Gasteiger partial charge in [-0.2, -0.15) is 13.2 Å². The third kappa shape index (κ3) is 3.66. The fourth-order valence-electron chi connectivity index (χ4n) is 2.78. The number of hydrogen-bond acceptors (Lipinski definition) is 4. The number of alkyl halides is 3. The van der Waals surface area contributed by atoms with Crippen molar-refractivity contribution in [2.45, 2.75) is 12.8 Å². The summed E-state index contributed by atoms with van der Waals surface area (Å²) in [7, 11) is 0. The van der Waals surface area contributed by atoms with Crippen LogP contribution in [0.2, 0.25) is 0 Å². The van der Waals surface area contributed by atoms with Gasteiger partial charge in [-0.25, -0.2) is 4.79 Å². The molecule has 0 atom stereocenters. The van der Waals surface area contributed by atoms with E-state index in [9.17, 15) is 27.6 Å². The highest BCUT2D eigenvalue weighted by Gasteiger charge is 2.35. The maximum absolute atomic E-state index is 12.7. The van der Waals surface area contributed by atoms with Crippen molar-refractivity contribution in [1.82, 2.24) is 4.90 Å². The second-order valence-corrected chi connectivity index (χ2v) is 6.04. The molecule has 0 aliphatic carbocycles. The summed E-state index contributed by atoms with van der Waals surface area (Å²) in [6, 6.07) is 8.36. The molecular weight excluding hydrogens is 375 g/mol. The maximum atomic E-state index is 12.7. The second-order valence-electron chi connectivity index (χ2n) is 6.04. The van der Waals surface area contributed by atoms with Crippen LogP contribution in [0.1, 0.15) is 42.2 Å². The topological polar surface area (TPSA) is 63.7 Å². The van der Waals surface area contributed by atoms with Crippen LogP contribution >= 0.6 is 0 Å². The first-order valence-corrected chi connectivity index (χ1v) is 8.17. The summed E-state index contributed by atoms with van der Waals surface area (Å²) in [5.41, 5.74) is -0.410. The molecule has 1 aliphatic heterocycles. The molecule has 0 bridgehead atoms. The van der Waals surface area contributed by atoms with E-state index in [0.717, 1.165) is 17.0 Å². The van der Waals surface area contributed by atoms with Crippen LogP contribution in [-0.4, -0.2) is 29.2 Å². The third-order valence-electron chi connectivity index (χ3n) is 4.14. The number of nitrogens with zero attached hydrogens (tertiary/aromatic N) is 1. The summed E-state index contributed by atoms with van der Waals surface area (Å²) >= 11 is 0. The molecule has 144 valence electrons. The molecule has 5 nitrogen and oxygen atoms in total. The van der Waals surface area contributed by atoms with Gasteiger partial charge in [0.25, 0.3) is 11.8 Å². The lowest BCUT2D eigenvalue weighted by atomic mass is 10.1. The Morgan fingerprint density at radius 1 is 1.07 bits per heavy atom. The number of hydrogen-bond donors (Lipinski definition) is 0. The molecule has 0 N–H and O–H groups in total. The van der Waals surface area contributed by atoms with E-state index in [1.807, 2.05) is 0 Å². The predicted octanol–water partition coefficient (Wildman–Crippen LogP) is 3.84. The van der Waals surface area contributed by atoms with E-state index >= 15 is 0 Å². The Balaban J connectivity index is 1.74. The second kappa shape index (κ2) is 7.30. The maximum Gasteiger partial charge on any atom is 0.416 e. The van der Waals surface area contributed by atoms with Crippen molar-refractivity contribution < 1.29 is 32.3 Å². The van der Waals surface area contributed by atoms with Crippen LogP contribution in [0, 0.1) is 0 Å². The number of ether oxygens (including phenoxy) is 1. The molecule has 2 aromatic rings. The van der Waals surface area contributed by atoms with Crippen LogP contribution < -0.4 is 0 Å². The van der Waals surface area contributed by atoms with Gasteiger partial charge in [0.15, 0.2) is 0 Å². The molecule has 0 saturated heterocycles. The Labute approximate surface area is 158 Å². The standard InChI is InChI=1S/C20H14F3NO4/c1-2-8-24-17(25)15-7-6-13(10-16(15)18(24)26)19(27)28-11-12-4-3-5-14(9-12)20(21,22)23/h2-7,9-10H,1,8,11H2. The number of esters is 1. The van der Waals surface area contributed by atoms with Crippen molar-refractivity contribution in [3.05, 3.63) is 82.9 Å². The first-order valence-electron chi connectivity index (χ1n) is 8.17. The first kappa shape index (κ1) is 19.3. The normalized spacial score (nSPS) is 13.5. The molecule has 0 aromatic heterocycles. The van der Waals surface area contributed by atoms with Crippen LogP contribution in [0.5, 0.6) is 0 Å². The lowest BCUT2D eigenvalue weighted by Gasteiger charge is -2.10. The van der Waals surface area contributed by atoms with E-state index in [1.54, 1.807) is 0 Å². The van der Waals surface area contributed by atoms with E-state index < -0.39 is 29.5 Å². The highest BCUT2D eigenvalue weighted by Crippen LogP contribution is 2.30. The van der Waals surface area contributed by atoms with Gasteiger partial charge in [0, 0.05) is 6.54 Å². The minimum absolute atomic E-state index is 0.0207. The Morgan fingerprint density at radius 2 is 1.79 bits per heavy atom. The summed E-state index contributed by atoms with van der Waals surface area (Å²) in [4.78, 5) is 37.7. The largest absolute Gasteiger partial charge is 0.457 e. The number of benzene rings is 2. The Bertz CT molecular complexity index is 982. The zero-order valence-electron chi connectivity index (χ0n) is 14.5. The fraction of sp³-hybridized carbons (Fsp3) is 0.150. The van der Waals surface area contributed by atoms with Crippen molar-refractivity contribution in [2.75, 3.05) is 6.54 Å². The van der Waals surface area contributed by atoms with E-state index in [0.29, 0.717) is 0 Å². The lowest BCUT2D eigenvalue weighted by molar-refractivity contribution is -0.137. The summed E-state index contributed by atoms with van der Waals surface area (Å²) in [5, 5.41) is 0. The van der Waals surface area contributed by atoms with Gasteiger partial charge in [-0.3, -0.25) is 14.5 Å². The van der Waals surface area contributed by atoms with Gasteiger partial charge >= 0.3 is 12.1 Å². The van der Waals surface area contributed by atoms with Gasteiger partial charge in [-0.05, 0) is 35.9 Å². The number of carbonyl (C=O) groups excluding carboxylic acids is 3. The number of amides is 2. The van der Waals surface area contributed by atoms with Gasteiger partial charge in [0.1, 0.15) is 6.61 Å². The van der Waals surface area contributed by atoms with E-state index in [4.69, 9.17) is 4.74 Å². The van der Waals surface area contributed by atoms with Crippen molar-refractivity contribution in [3.8, 4) is 0 Å². The zero-order chi connectivity index (χ0) is 20.5. The van der Waals surface area contributed by atoms with Crippen molar-refractivity contribution in [3.63, 3.8) is 0 Å². The molecule has 8 heteroatoms. The van der Waals surface area contributed by atoms with Crippen LogP contribution in [0.25, 0.3) is 0 Å². The van der Waals surface area contributed by atoms with Gasteiger partial charge in [-0.15, -0.1) is 6.58 Å². The van der Waals surface area contributed by atoms with Gasteiger partial charge < -0.3 is 4.74 Å². The Hall–Kier alpha value is -3.42. The SMILES string of the molecule is C=CCN1C(=O)c2ccc(C(=O)OCc3cccc(C(F)(F)F)c3)cc2C1=O. The zero-order valence-corrected chi connectivity index (χ0v) is 14.5. The molecule has 2 amide bonds. The Morgan fingerprint density at radius 3 is 2.46 bits per heavy atom. The summed E-state index contributed by atoms with van der Waals surface area (Å²) < 4.78 is 43.3. The summed E-state index contributed by atoms with van der Waals surface area (Å²) in [6.45, 7) is 3.16. The molecule has 1 heterocycles. The lowest BCUT2D eigenvalue weighted by Crippen LogP contribution is -2.29. The summed E-state index contributed by atoms with van der Waals surface area (Å²) in [5.74, 6) is -1.85. The van der Waals surface area contributed by atoms with Crippen LogP contribution in [-0.2, 0) is 17.5 Å². The quantitative estimate of drug-likeness (QED) is 0.443.